The minimum absolute atomic E-state index is 0. The van der Waals surface area contributed by atoms with Gasteiger partial charge in [0.1, 0.15) is 10.6 Å². The van der Waals surface area contributed by atoms with Crippen LogP contribution in [0.4, 0.5) is 10.7 Å². The number of aromatic nitrogens is 2. The van der Waals surface area contributed by atoms with E-state index in [9.17, 15) is 13.2 Å². The zero-order valence-corrected chi connectivity index (χ0v) is 21.3. The van der Waals surface area contributed by atoms with Gasteiger partial charge in [0.15, 0.2) is 17.5 Å². The van der Waals surface area contributed by atoms with Crippen molar-refractivity contribution in [2.45, 2.75) is 0 Å². The summed E-state index contributed by atoms with van der Waals surface area (Å²) >= 11 is 5.22. The van der Waals surface area contributed by atoms with E-state index in [2.05, 4.69) is 58.5 Å². The van der Waals surface area contributed by atoms with Crippen LogP contribution in [-0.4, -0.2) is 42.6 Å². The van der Waals surface area contributed by atoms with Gasteiger partial charge >= 0.3 is 39.9 Å². The zero-order valence-electron chi connectivity index (χ0n) is 14.8. The number of halogens is 2. The van der Waals surface area contributed by atoms with Crippen LogP contribution in [0, 0.1) is 0 Å². The first kappa shape index (κ1) is 25.2. The summed E-state index contributed by atoms with van der Waals surface area (Å²) in [5.41, 5.74) is 0. The number of carbonyl (C=O) groups excluding carboxylic acids is 1. The Morgan fingerprint density at radius 3 is 2.61 bits per heavy atom. The van der Waals surface area contributed by atoms with Gasteiger partial charge in [0.2, 0.25) is 5.88 Å². The van der Waals surface area contributed by atoms with Crippen molar-refractivity contribution in [2.75, 3.05) is 23.5 Å². The Labute approximate surface area is 206 Å². The molecule has 0 radical (unpaired) electrons. The molecule has 0 fully saturated rings. The third-order valence-corrected chi connectivity index (χ3v) is 4.30. The normalized spacial score (nSPS) is 10.4. The number of hydrogen-bond acceptors (Lipinski definition) is 8. The van der Waals surface area contributed by atoms with Gasteiger partial charge in [-0.2, -0.15) is 13.4 Å². The summed E-state index contributed by atoms with van der Waals surface area (Å²) in [6.07, 6.45) is 0. The van der Waals surface area contributed by atoms with E-state index in [-0.39, 0.29) is 52.9 Å². The zero-order chi connectivity index (χ0) is 19.9. The number of amides is 2. The number of nitrogens with zero attached hydrogens (tertiary/aromatic N) is 3. The first-order valence-electron chi connectivity index (χ1n) is 7.17. The number of carbonyl (C=O) groups is 1. The molecule has 1 aromatic heterocycles. The van der Waals surface area contributed by atoms with E-state index in [1.807, 2.05) is 0 Å². The van der Waals surface area contributed by atoms with Crippen LogP contribution in [0.1, 0.15) is 0 Å². The molecule has 0 atom stereocenters. The second kappa shape index (κ2) is 12.0. The number of ether oxygens (including phenoxy) is 2. The minimum atomic E-state index is -4.59. The molecule has 0 aliphatic carbocycles. The molecular weight excluding hydrogens is 582 g/mol. The average molecular weight is 595 g/mol. The van der Waals surface area contributed by atoms with Gasteiger partial charge in [0.25, 0.3) is 0 Å². The maximum atomic E-state index is 12.0. The predicted molar refractivity (Wildman–Crippen MR) is 109 cm³/mol. The van der Waals surface area contributed by atoms with Crippen molar-refractivity contribution in [3.8, 4) is 17.4 Å². The van der Waals surface area contributed by atoms with Gasteiger partial charge in [-0.3, -0.25) is 9.52 Å². The molecule has 0 spiro atoms. The van der Waals surface area contributed by atoms with Crippen LogP contribution >= 0.6 is 38.5 Å². The van der Waals surface area contributed by atoms with Crippen molar-refractivity contribution >= 4 is 60.8 Å². The van der Waals surface area contributed by atoms with Crippen molar-refractivity contribution in [2.24, 2.45) is 0 Å². The fourth-order valence-electron chi connectivity index (χ4n) is 1.70. The quantitative estimate of drug-likeness (QED) is 0.200. The number of methoxy groups -OCH3 is 1. The minimum Gasteiger partial charge on any atom is -0.489 e. The summed E-state index contributed by atoms with van der Waals surface area (Å²) in [6.45, 7) is 0.362. The Morgan fingerprint density at radius 2 is 1.96 bits per heavy atom. The number of para-hydroxylation sites is 2. The number of benzene rings is 1. The Morgan fingerprint density at radius 1 is 1.29 bits per heavy atom. The Kier molecular flexibility index (Phi) is 10.8. The maximum Gasteiger partial charge on any atom is 1.00 e. The number of hydrogen-bond donors (Lipinski definition) is 1. The molecule has 10 nitrogen and oxygen atoms in total. The number of rotatable bonds is 8. The van der Waals surface area contributed by atoms with E-state index in [0.29, 0.717) is 15.6 Å². The molecule has 0 bridgehead atoms. The van der Waals surface area contributed by atoms with Crippen molar-refractivity contribution in [3.63, 3.8) is 0 Å². The molecule has 1 N–H and O–H groups in total. The van der Waals surface area contributed by atoms with E-state index in [1.165, 1.54) is 19.2 Å². The first-order chi connectivity index (χ1) is 12.8. The molecule has 0 saturated carbocycles. The van der Waals surface area contributed by atoms with Crippen LogP contribution in [0.2, 0.25) is 0 Å². The molecule has 2 amide bonds. The van der Waals surface area contributed by atoms with E-state index in [4.69, 9.17) is 13.7 Å². The van der Waals surface area contributed by atoms with Crippen molar-refractivity contribution in [1.29, 1.82) is 0 Å². The molecule has 0 aliphatic rings. The predicted octanol–water partition coefficient (Wildman–Crippen LogP) is 0.295. The molecule has 28 heavy (non-hydrogen) atoms. The van der Waals surface area contributed by atoms with Gasteiger partial charge in [-0.25, -0.2) is 4.98 Å². The van der Waals surface area contributed by atoms with E-state index < -0.39 is 16.3 Å². The average Bonchev–Trinajstić information content (AvgIpc) is 2.59. The third-order valence-electron chi connectivity index (χ3n) is 2.67. The third kappa shape index (κ3) is 8.24. The van der Waals surface area contributed by atoms with E-state index >= 15 is 0 Å². The molecule has 146 valence electrons. The molecule has 0 unspecified atom stereocenters. The molecule has 0 aliphatic heterocycles. The van der Waals surface area contributed by atoms with Gasteiger partial charge < -0.3 is 19.0 Å². The van der Waals surface area contributed by atoms with Crippen molar-refractivity contribution in [1.82, 2.24) is 9.97 Å². The summed E-state index contributed by atoms with van der Waals surface area (Å²) in [5, 5.41) is 2.12. The van der Waals surface area contributed by atoms with Crippen LogP contribution in [-0.2, 0) is 10.3 Å². The van der Waals surface area contributed by atoms with Crippen LogP contribution < -0.4 is 48.5 Å². The van der Waals surface area contributed by atoms with Crippen molar-refractivity contribution < 1.29 is 56.4 Å². The van der Waals surface area contributed by atoms with E-state index in [1.54, 1.807) is 18.2 Å². The fraction of sp³-hybridized carbons (Fsp3) is 0.214. The smallest absolute Gasteiger partial charge is 0.489 e. The molecule has 0 saturated heterocycles. The number of nitrogens with one attached hydrogen (secondary N) is 1. The summed E-state index contributed by atoms with van der Waals surface area (Å²) in [6, 6.07) is 6.36. The Balaban J connectivity index is 0.00000392. The summed E-state index contributed by atoms with van der Waals surface area (Å²) in [5.74, 6) is 0.0938. The molecule has 2 aromatic rings. The summed E-state index contributed by atoms with van der Waals surface area (Å²) in [7, 11) is -3.22. The SMILES string of the molecule is COc1cc(Br)nc(NC(=O)[N-]S(=O)(=O)Oc2ccccc2OCCI)n1.[Na+]. The fourth-order valence-corrected chi connectivity index (χ4v) is 2.93. The van der Waals surface area contributed by atoms with Gasteiger partial charge in [0.05, 0.1) is 13.7 Å². The second-order valence-corrected chi connectivity index (χ2v) is 7.67. The largest absolute Gasteiger partial charge is 1.00 e. The van der Waals surface area contributed by atoms with Gasteiger partial charge in [0, 0.05) is 10.5 Å². The van der Waals surface area contributed by atoms with Crippen LogP contribution in [0.25, 0.3) is 4.72 Å². The summed E-state index contributed by atoms with van der Waals surface area (Å²) < 4.78 is 43.3. The van der Waals surface area contributed by atoms with Crippen LogP contribution in [0.15, 0.2) is 34.9 Å². The Hall–Kier alpha value is -0.870. The van der Waals surface area contributed by atoms with Gasteiger partial charge in [-0.05, 0) is 28.1 Å². The van der Waals surface area contributed by atoms with Gasteiger partial charge in [-0.1, -0.05) is 34.7 Å². The van der Waals surface area contributed by atoms with Crippen LogP contribution in [0.5, 0.6) is 17.4 Å². The second-order valence-electron chi connectivity index (χ2n) is 4.57. The number of anilines is 1. The molecule has 14 heteroatoms. The monoisotopic (exact) mass is 594 g/mol. The maximum absolute atomic E-state index is 12.0. The molecule has 1 heterocycles. The molecular formula is C14H13BrIN4NaO6S. The topological polar surface area (TPSA) is 131 Å². The standard InChI is InChI=1S/C14H14BrIN4O6S.Na/c1-24-12-8-11(15)17-13(18-12)19-14(21)20-27(22,23)26-10-5-3-2-4-9(10)25-7-6-16;/h2-5,8H,6-7H2,1H3,(H2,17,18,19,20,21);/q;+1/p-1. The number of alkyl halides is 1. The Bertz CT molecular complexity index is 920. The van der Waals surface area contributed by atoms with Crippen molar-refractivity contribution in [3.05, 3.63) is 39.7 Å². The van der Waals surface area contributed by atoms with E-state index in [0.717, 1.165) is 0 Å². The summed E-state index contributed by atoms with van der Waals surface area (Å²) in [4.78, 5) is 19.6. The van der Waals surface area contributed by atoms with Crippen LogP contribution in [0.3, 0.4) is 0 Å². The van der Waals surface area contributed by atoms with Gasteiger partial charge in [-0.15, -0.1) is 0 Å². The first-order valence-corrected chi connectivity index (χ1v) is 10.9. The number of urea groups is 1. The molecule has 2 rings (SSSR count). The molecule has 1 aromatic carbocycles.